The third-order valence-corrected chi connectivity index (χ3v) is 7.44. The molecule has 0 unspecified atom stereocenters. The van der Waals surface area contributed by atoms with Crippen molar-refractivity contribution in [3.8, 4) is 0 Å². The highest BCUT2D eigenvalue weighted by Gasteiger charge is 2.42. The minimum absolute atomic E-state index is 0.287. The van der Waals surface area contributed by atoms with Gasteiger partial charge in [0.1, 0.15) is 17.5 Å². The summed E-state index contributed by atoms with van der Waals surface area (Å²) in [6, 6.07) is 6.05. The van der Waals surface area contributed by atoms with Crippen LogP contribution in [0.5, 0.6) is 0 Å². The van der Waals surface area contributed by atoms with Gasteiger partial charge in [-0.15, -0.1) is 0 Å². The van der Waals surface area contributed by atoms with Gasteiger partial charge in [-0.05, 0) is 50.3 Å². The average molecular weight is 464 g/mol. The van der Waals surface area contributed by atoms with E-state index in [9.17, 15) is 5.11 Å². The molecule has 1 N–H and O–H groups in total. The summed E-state index contributed by atoms with van der Waals surface area (Å²) in [7, 11) is 0. The number of aliphatic hydroxyl groups excluding tert-OH is 1. The summed E-state index contributed by atoms with van der Waals surface area (Å²) in [6.45, 7) is 6.58. The highest BCUT2D eigenvalue weighted by atomic mass is 19.1. The number of hydrogen-bond donors (Lipinski definition) is 1. The van der Waals surface area contributed by atoms with E-state index in [1.165, 1.54) is 5.56 Å². The quantitative estimate of drug-likeness (QED) is 0.633. The van der Waals surface area contributed by atoms with Crippen LogP contribution in [0.15, 0.2) is 30.6 Å². The van der Waals surface area contributed by atoms with E-state index in [2.05, 4.69) is 42.6 Å². The lowest BCUT2D eigenvalue weighted by Crippen LogP contribution is -2.47. The van der Waals surface area contributed by atoms with Crippen molar-refractivity contribution in [2.45, 2.75) is 44.4 Å². The first-order valence-corrected chi connectivity index (χ1v) is 12.2. The summed E-state index contributed by atoms with van der Waals surface area (Å²) >= 11 is 0. The van der Waals surface area contributed by atoms with E-state index in [1.54, 1.807) is 6.20 Å². The minimum Gasteiger partial charge on any atom is -0.391 e. The number of halogens is 1. The Hall–Kier alpha value is -3.07. The van der Waals surface area contributed by atoms with E-state index in [1.807, 2.05) is 18.3 Å². The molecular formula is C25H30FN7O. The summed E-state index contributed by atoms with van der Waals surface area (Å²) in [4.78, 5) is 25.3. The standard InChI is InChI=1S/C25H30FN7O/c1-17-4-2-8-27-22(17)31-10-12-32(13-11-31)23-19-14-21(33-9-5-18(34)16-33)28-15-20(19)29-24(30-23)25(26)6-3-7-25/h2,4,8,14-15,18,34H,3,5-7,9-13,16H2,1H3/t18-/m1/s1. The SMILES string of the molecule is Cc1cccnc1N1CCN(c2nc(C3(F)CCC3)nc3cnc(N4CC[C@@H](O)C4)cc23)CC1. The molecule has 0 spiro atoms. The van der Waals surface area contributed by atoms with Crippen molar-refractivity contribution >= 4 is 28.4 Å². The Bertz CT molecular complexity index is 1210. The van der Waals surface area contributed by atoms with Crippen LogP contribution < -0.4 is 14.7 Å². The van der Waals surface area contributed by atoms with Gasteiger partial charge in [0.15, 0.2) is 11.5 Å². The van der Waals surface area contributed by atoms with Crippen molar-refractivity contribution in [1.29, 1.82) is 0 Å². The van der Waals surface area contributed by atoms with Gasteiger partial charge in [0.25, 0.3) is 0 Å². The van der Waals surface area contributed by atoms with E-state index in [4.69, 9.17) is 4.98 Å². The number of aromatic nitrogens is 4. The molecule has 8 nitrogen and oxygen atoms in total. The zero-order valence-corrected chi connectivity index (χ0v) is 19.5. The zero-order chi connectivity index (χ0) is 23.3. The van der Waals surface area contributed by atoms with E-state index >= 15 is 4.39 Å². The maximum atomic E-state index is 15.4. The van der Waals surface area contributed by atoms with Crippen LogP contribution >= 0.6 is 0 Å². The molecule has 9 heteroatoms. The third kappa shape index (κ3) is 3.72. The highest BCUT2D eigenvalue weighted by Crippen LogP contribution is 2.44. The monoisotopic (exact) mass is 463 g/mol. The van der Waals surface area contributed by atoms with E-state index in [0.29, 0.717) is 24.9 Å². The first kappa shape index (κ1) is 21.5. The molecule has 178 valence electrons. The number of β-amino-alcohol motifs (C(OH)–C–C–N with tert-alkyl or cyclic N) is 1. The number of pyridine rings is 2. The molecule has 0 amide bonds. The number of nitrogens with zero attached hydrogens (tertiary/aromatic N) is 7. The summed E-state index contributed by atoms with van der Waals surface area (Å²) in [5.41, 5.74) is 0.405. The van der Waals surface area contributed by atoms with Gasteiger partial charge >= 0.3 is 0 Å². The van der Waals surface area contributed by atoms with Gasteiger partial charge in [0, 0.05) is 50.9 Å². The molecule has 2 aliphatic heterocycles. The second-order valence-electron chi connectivity index (χ2n) is 9.76. The fourth-order valence-corrected chi connectivity index (χ4v) is 5.22. The minimum atomic E-state index is -1.44. The lowest BCUT2D eigenvalue weighted by molar-refractivity contribution is 0.0512. The summed E-state index contributed by atoms with van der Waals surface area (Å²) in [6.07, 6.45) is 5.79. The van der Waals surface area contributed by atoms with Crippen LogP contribution in [0.1, 0.15) is 37.1 Å². The summed E-state index contributed by atoms with van der Waals surface area (Å²) in [5, 5.41) is 10.9. The highest BCUT2D eigenvalue weighted by molar-refractivity contribution is 5.91. The molecule has 0 bridgehead atoms. The predicted octanol–water partition coefficient (Wildman–Crippen LogP) is 2.97. The molecule has 3 fully saturated rings. The van der Waals surface area contributed by atoms with Crippen molar-refractivity contribution in [3.05, 3.63) is 42.0 Å². The number of aliphatic hydroxyl groups is 1. The van der Waals surface area contributed by atoms with Crippen molar-refractivity contribution < 1.29 is 9.50 Å². The first-order valence-electron chi connectivity index (χ1n) is 12.2. The molecule has 6 rings (SSSR count). The molecule has 0 radical (unpaired) electrons. The number of hydrogen-bond acceptors (Lipinski definition) is 8. The van der Waals surface area contributed by atoms with Crippen LogP contribution in [-0.2, 0) is 5.67 Å². The second kappa shape index (κ2) is 8.30. The van der Waals surface area contributed by atoms with Gasteiger partial charge in [-0.3, -0.25) is 0 Å². The van der Waals surface area contributed by atoms with Crippen LogP contribution in [0.2, 0.25) is 0 Å². The maximum Gasteiger partial charge on any atom is 0.170 e. The lowest BCUT2D eigenvalue weighted by Gasteiger charge is -2.38. The van der Waals surface area contributed by atoms with Gasteiger partial charge in [-0.25, -0.2) is 24.3 Å². The van der Waals surface area contributed by atoms with Crippen LogP contribution in [-0.4, -0.2) is 70.4 Å². The van der Waals surface area contributed by atoms with Crippen molar-refractivity contribution in [1.82, 2.24) is 19.9 Å². The average Bonchev–Trinajstić information content (AvgIpc) is 3.28. The molecule has 1 aliphatic carbocycles. The number of fused-ring (bicyclic) bond motifs is 1. The van der Waals surface area contributed by atoms with Crippen LogP contribution in [0, 0.1) is 6.92 Å². The van der Waals surface area contributed by atoms with E-state index < -0.39 is 5.67 Å². The zero-order valence-electron chi connectivity index (χ0n) is 19.5. The predicted molar refractivity (Wildman–Crippen MR) is 130 cm³/mol. The molecule has 2 saturated heterocycles. The largest absolute Gasteiger partial charge is 0.391 e. The fraction of sp³-hybridized carbons (Fsp3) is 0.520. The van der Waals surface area contributed by atoms with Gasteiger partial charge in [0.2, 0.25) is 0 Å². The molecule has 3 aromatic rings. The Kier molecular flexibility index (Phi) is 5.24. The number of anilines is 3. The van der Waals surface area contributed by atoms with Crippen molar-refractivity contribution in [2.24, 2.45) is 0 Å². The molecule has 5 heterocycles. The summed E-state index contributed by atoms with van der Waals surface area (Å²) < 4.78 is 15.4. The number of aryl methyl sites for hydroxylation is 1. The Labute approximate surface area is 198 Å². The van der Waals surface area contributed by atoms with Gasteiger partial charge in [-0.1, -0.05) is 6.07 Å². The lowest BCUT2D eigenvalue weighted by atomic mass is 9.81. The number of piperazine rings is 1. The van der Waals surface area contributed by atoms with Crippen molar-refractivity contribution in [2.75, 3.05) is 54.0 Å². The molecule has 0 aromatic carbocycles. The number of rotatable bonds is 4. The molecule has 3 aromatic heterocycles. The normalized spacial score (nSPS) is 22.3. The molecule has 34 heavy (non-hydrogen) atoms. The molecular weight excluding hydrogens is 433 g/mol. The Morgan fingerprint density at radius 3 is 2.41 bits per heavy atom. The van der Waals surface area contributed by atoms with Crippen LogP contribution in [0.4, 0.5) is 21.8 Å². The Morgan fingerprint density at radius 1 is 1.00 bits per heavy atom. The van der Waals surface area contributed by atoms with Crippen LogP contribution in [0.3, 0.4) is 0 Å². The van der Waals surface area contributed by atoms with Crippen LogP contribution in [0.25, 0.3) is 10.9 Å². The molecule has 3 aliphatic rings. The smallest absolute Gasteiger partial charge is 0.170 e. The van der Waals surface area contributed by atoms with Gasteiger partial charge in [-0.2, -0.15) is 0 Å². The molecule has 1 atom stereocenters. The van der Waals surface area contributed by atoms with Gasteiger partial charge < -0.3 is 19.8 Å². The topological polar surface area (TPSA) is 81.5 Å². The first-order chi connectivity index (χ1) is 16.5. The number of alkyl halides is 1. The fourth-order valence-electron chi connectivity index (χ4n) is 5.22. The molecule has 1 saturated carbocycles. The van der Waals surface area contributed by atoms with E-state index in [-0.39, 0.29) is 11.9 Å². The second-order valence-corrected chi connectivity index (χ2v) is 9.76. The van der Waals surface area contributed by atoms with Gasteiger partial charge in [0.05, 0.1) is 17.8 Å². The maximum absolute atomic E-state index is 15.4. The van der Waals surface area contributed by atoms with Crippen molar-refractivity contribution in [3.63, 3.8) is 0 Å². The third-order valence-electron chi connectivity index (χ3n) is 7.44. The Balaban J connectivity index is 1.35. The summed E-state index contributed by atoms with van der Waals surface area (Å²) in [5.74, 6) is 2.90. The van der Waals surface area contributed by atoms with E-state index in [0.717, 1.165) is 68.4 Å². The Morgan fingerprint density at radius 2 is 1.76 bits per heavy atom.